The number of rotatable bonds is 4. The van der Waals surface area contributed by atoms with Gasteiger partial charge in [0, 0.05) is 11.8 Å². The highest BCUT2D eigenvalue weighted by molar-refractivity contribution is 5.93. The van der Waals surface area contributed by atoms with Crippen LogP contribution in [0.5, 0.6) is 0 Å². The Kier molecular flexibility index (Phi) is 4.83. The lowest BCUT2D eigenvalue weighted by molar-refractivity contribution is -0.119. The lowest BCUT2D eigenvalue weighted by atomic mass is 10.2. The van der Waals surface area contributed by atoms with E-state index in [1.54, 1.807) is 12.1 Å². The normalized spacial score (nSPS) is 10.6. The van der Waals surface area contributed by atoms with E-state index in [-0.39, 0.29) is 23.7 Å². The molecule has 2 amide bonds. The molecule has 0 bridgehead atoms. The molecule has 1 rings (SSSR count). The molecular weight excluding hydrogens is 230 g/mol. The topological polar surface area (TPSA) is 71.1 Å². The van der Waals surface area contributed by atoms with E-state index < -0.39 is 0 Å². The van der Waals surface area contributed by atoms with E-state index in [1.165, 1.54) is 6.20 Å². The molecule has 0 aliphatic heterocycles. The second-order valence-corrected chi connectivity index (χ2v) is 4.72. The highest BCUT2D eigenvalue weighted by Gasteiger charge is 2.09. The van der Waals surface area contributed by atoms with Gasteiger partial charge in [-0.25, -0.2) is 4.98 Å². The molecule has 0 aliphatic carbocycles. The van der Waals surface area contributed by atoms with Gasteiger partial charge in [0.25, 0.3) is 0 Å². The quantitative estimate of drug-likeness (QED) is 0.859. The molecule has 5 nitrogen and oxygen atoms in total. The van der Waals surface area contributed by atoms with Crippen molar-refractivity contribution in [1.29, 1.82) is 0 Å². The number of aromatic nitrogens is 1. The molecule has 0 spiro atoms. The van der Waals surface area contributed by atoms with Crippen LogP contribution in [0.4, 0.5) is 11.5 Å². The summed E-state index contributed by atoms with van der Waals surface area (Å²) < 4.78 is 0. The summed E-state index contributed by atoms with van der Waals surface area (Å²) in [6.07, 6.45) is 1.52. The maximum atomic E-state index is 11.5. The molecule has 5 heteroatoms. The van der Waals surface area contributed by atoms with Crippen LogP contribution in [-0.2, 0) is 9.59 Å². The Morgan fingerprint density at radius 1 is 1.00 bits per heavy atom. The number of amides is 2. The number of hydrogen-bond acceptors (Lipinski definition) is 3. The molecule has 1 aromatic heterocycles. The van der Waals surface area contributed by atoms with Gasteiger partial charge < -0.3 is 10.6 Å². The molecule has 0 saturated carbocycles. The lowest BCUT2D eigenvalue weighted by Crippen LogP contribution is -2.19. The van der Waals surface area contributed by atoms with Gasteiger partial charge in [0.15, 0.2) is 0 Å². The number of anilines is 2. The molecule has 0 aromatic carbocycles. The van der Waals surface area contributed by atoms with Crippen molar-refractivity contribution < 1.29 is 9.59 Å². The van der Waals surface area contributed by atoms with E-state index in [9.17, 15) is 9.59 Å². The zero-order chi connectivity index (χ0) is 13.7. The summed E-state index contributed by atoms with van der Waals surface area (Å²) in [4.78, 5) is 27.0. The first kappa shape index (κ1) is 14.2. The second kappa shape index (κ2) is 6.14. The number of nitrogens with zero attached hydrogens (tertiary/aromatic N) is 1. The Hall–Kier alpha value is -1.91. The molecule has 0 unspecified atom stereocenters. The van der Waals surface area contributed by atoms with Crippen molar-refractivity contribution in [2.75, 3.05) is 10.6 Å². The first-order valence-corrected chi connectivity index (χ1v) is 5.98. The highest BCUT2D eigenvalue weighted by atomic mass is 16.2. The van der Waals surface area contributed by atoms with Crippen molar-refractivity contribution in [3.05, 3.63) is 18.3 Å². The molecule has 2 N–H and O–H groups in total. The van der Waals surface area contributed by atoms with Crippen LogP contribution in [-0.4, -0.2) is 16.8 Å². The number of pyridine rings is 1. The molecule has 1 heterocycles. The monoisotopic (exact) mass is 249 g/mol. The Labute approximate surface area is 107 Å². The predicted octanol–water partition coefficient (Wildman–Crippen LogP) is 2.27. The van der Waals surface area contributed by atoms with Crippen LogP contribution >= 0.6 is 0 Å². The molecule has 0 fully saturated rings. The van der Waals surface area contributed by atoms with Crippen LogP contribution in [0.25, 0.3) is 0 Å². The summed E-state index contributed by atoms with van der Waals surface area (Å²) in [6, 6.07) is 3.37. The van der Waals surface area contributed by atoms with Gasteiger partial charge in [0.1, 0.15) is 5.82 Å². The third kappa shape index (κ3) is 4.16. The van der Waals surface area contributed by atoms with Crippen molar-refractivity contribution in [2.24, 2.45) is 11.8 Å². The SMILES string of the molecule is CC(C)C(=O)Nc1ccc(NC(=O)C(C)C)nc1. The molecule has 0 atom stereocenters. The van der Waals surface area contributed by atoms with Gasteiger partial charge in [0.2, 0.25) is 11.8 Å². The molecular formula is C13H19N3O2. The second-order valence-electron chi connectivity index (χ2n) is 4.72. The molecule has 0 saturated heterocycles. The fourth-order valence-corrected chi connectivity index (χ4v) is 1.10. The Balaban J connectivity index is 2.63. The minimum Gasteiger partial charge on any atom is -0.325 e. The largest absolute Gasteiger partial charge is 0.325 e. The third-order valence-corrected chi connectivity index (χ3v) is 2.33. The average Bonchev–Trinajstić information content (AvgIpc) is 2.31. The first-order valence-electron chi connectivity index (χ1n) is 5.98. The zero-order valence-electron chi connectivity index (χ0n) is 11.2. The smallest absolute Gasteiger partial charge is 0.228 e. The summed E-state index contributed by atoms with van der Waals surface area (Å²) >= 11 is 0. The van der Waals surface area contributed by atoms with E-state index in [0.29, 0.717) is 11.5 Å². The standard InChI is InChI=1S/C13H19N3O2/c1-8(2)12(17)15-10-5-6-11(14-7-10)16-13(18)9(3)4/h5-9H,1-4H3,(H,15,17)(H,14,16,18). The van der Waals surface area contributed by atoms with Crippen LogP contribution in [0.1, 0.15) is 27.7 Å². The fourth-order valence-electron chi connectivity index (χ4n) is 1.10. The lowest BCUT2D eigenvalue weighted by Gasteiger charge is -2.09. The molecule has 0 radical (unpaired) electrons. The van der Waals surface area contributed by atoms with Gasteiger partial charge in [-0.05, 0) is 12.1 Å². The maximum Gasteiger partial charge on any atom is 0.228 e. The van der Waals surface area contributed by atoms with Crippen molar-refractivity contribution in [2.45, 2.75) is 27.7 Å². The molecule has 18 heavy (non-hydrogen) atoms. The van der Waals surface area contributed by atoms with Crippen molar-refractivity contribution in [1.82, 2.24) is 4.98 Å². The van der Waals surface area contributed by atoms with E-state index in [1.807, 2.05) is 27.7 Å². The summed E-state index contributed by atoms with van der Waals surface area (Å²) in [7, 11) is 0. The van der Waals surface area contributed by atoms with Crippen molar-refractivity contribution >= 4 is 23.3 Å². The van der Waals surface area contributed by atoms with Crippen LogP contribution in [0.15, 0.2) is 18.3 Å². The van der Waals surface area contributed by atoms with Crippen LogP contribution in [0, 0.1) is 11.8 Å². The maximum absolute atomic E-state index is 11.5. The van der Waals surface area contributed by atoms with E-state index in [4.69, 9.17) is 0 Å². The number of nitrogens with one attached hydrogen (secondary N) is 2. The fraction of sp³-hybridized carbons (Fsp3) is 0.462. The Morgan fingerprint density at radius 3 is 2.00 bits per heavy atom. The van der Waals surface area contributed by atoms with Crippen LogP contribution < -0.4 is 10.6 Å². The van der Waals surface area contributed by atoms with Gasteiger partial charge in [-0.2, -0.15) is 0 Å². The molecule has 1 aromatic rings. The van der Waals surface area contributed by atoms with Crippen LogP contribution in [0.2, 0.25) is 0 Å². The summed E-state index contributed by atoms with van der Waals surface area (Å²) in [5.41, 5.74) is 0.622. The van der Waals surface area contributed by atoms with Crippen LogP contribution in [0.3, 0.4) is 0 Å². The van der Waals surface area contributed by atoms with Crippen molar-refractivity contribution in [3.63, 3.8) is 0 Å². The van der Waals surface area contributed by atoms with Crippen molar-refractivity contribution in [3.8, 4) is 0 Å². The predicted molar refractivity (Wildman–Crippen MR) is 71.2 cm³/mol. The third-order valence-electron chi connectivity index (χ3n) is 2.33. The average molecular weight is 249 g/mol. The van der Waals surface area contributed by atoms with E-state index in [0.717, 1.165) is 0 Å². The van der Waals surface area contributed by atoms with Gasteiger partial charge in [-0.1, -0.05) is 27.7 Å². The molecule has 98 valence electrons. The minimum absolute atomic E-state index is 0.0595. The number of hydrogen-bond donors (Lipinski definition) is 2. The zero-order valence-corrected chi connectivity index (χ0v) is 11.2. The van der Waals surface area contributed by atoms with E-state index in [2.05, 4.69) is 15.6 Å². The van der Waals surface area contributed by atoms with E-state index >= 15 is 0 Å². The minimum atomic E-state index is -0.0906. The van der Waals surface area contributed by atoms with Gasteiger partial charge in [-0.3, -0.25) is 9.59 Å². The number of carbonyl (C=O) groups excluding carboxylic acids is 2. The first-order chi connectivity index (χ1) is 8.40. The summed E-state index contributed by atoms with van der Waals surface area (Å²) in [6.45, 7) is 7.26. The highest BCUT2D eigenvalue weighted by Crippen LogP contribution is 2.11. The van der Waals surface area contributed by atoms with Gasteiger partial charge in [0.05, 0.1) is 11.9 Å². The summed E-state index contributed by atoms with van der Waals surface area (Å²) in [5.74, 6) is 0.172. The number of carbonyl (C=O) groups is 2. The Bertz CT molecular complexity index is 383. The summed E-state index contributed by atoms with van der Waals surface area (Å²) in [5, 5.41) is 5.41. The van der Waals surface area contributed by atoms with Gasteiger partial charge in [-0.15, -0.1) is 0 Å². The Morgan fingerprint density at radius 2 is 1.56 bits per heavy atom. The molecule has 0 aliphatic rings. The van der Waals surface area contributed by atoms with Gasteiger partial charge >= 0.3 is 0 Å².